The van der Waals surface area contributed by atoms with Crippen LogP contribution in [0.4, 0.5) is 0 Å². The first kappa shape index (κ1) is 32.4. The lowest BCUT2D eigenvalue weighted by Gasteiger charge is -2.15. The molecule has 0 aliphatic heterocycles. The summed E-state index contributed by atoms with van der Waals surface area (Å²) in [4.78, 5) is 16.1. The van der Waals surface area contributed by atoms with E-state index < -0.39 is 0 Å². The molecule has 0 saturated carbocycles. The molecule has 0 aliphatic carbocycles. The monoisotopic (exact) mass is 739 g/mol. The third-order valence-corrected chi connectivity index (χ3v) is 11.6. The number of aromatic nitrogens is 5. The first-order chi connectivity index (χ1) is 28.8. The van der Waals surface area contributed by atoms with Crippen LogP contribution in [0.15, 0.2) is 200 Å². The quantitative estimate of drug-likeness (QED) is 0.165. The van der Waals surface area contributed by atoms with Crippen molar-refractivity contribution in [3.8, 4) is 45.5 Å². The maximum atomic E-state index is 5.39. The molecule has 12 aromatic rings. The maximum Gasteiger partial charge on any atom is 0.238 e. The molecule has 5 heteroatoms. The van der Waals surface area contributed by atoms with Crippen molar-refractivity contribution >= 4 is 65.2 Å². The Kier molecular flexibility index (Phi) is 7.16. The van der Waals surface area contributed by atoms with Gasteiger partial charge in [0.05, 0.1) is 27.8 Å². The van der Waals surface area contributed by atoms with Crippen LogP contribution in [0, 0.1) is 0 Å². The minimum absolute atomic E-state index is 0.566. The van der Waals surface area contributed by atoms with Gasteiger partial charge in [-0.15, -0.1) is 0 Å². The largest absolute Gasteiger partial charge is 0.309 e. The Hall–Kier alpha value is -7.89. The third kappa shape index (κ3) is 4.93. The molecule has 58 heavy (non-hydrogen) atoms. The van der Waals surface area contributed by atoms with Crippen LogP contribution in [0.25, 0.3) is 111 Å². The summed E-state index contributed by atoms with van der Waals surface area (Å²) in [5.74, 6) is 1.77. The predicted octanol–water partition coefficient (Wildman–Crippen LogP) is 13.4. The van der Waals surface area contributed by atoms with Gasteiger partial charge in [-0.05, 0) is 81.2 Å². The molecule has 0 N–H and O–H groups in total. The second-order valence-corrected chi connectivity index (χ2v) is 14.8. The summed E-state index contributed by atoms with van der Waals surface area (Å²) >= 11 is 0. The lowest BCUT2D eigenvalue weighted by Crippen LogP contribution is -2.07. The first-order valence-electron chi connectivity index (χ1n) is 19.6. The summed E-state index contributed by atoms with van der Waals surface area (Å²) in [5, 5.41) is 9.60. The van der Waals surface area contributed by atoms with Crippen LogP contribution in [0.1, 0.15) is 0 Å². The van der Waals surface area contributed by atoms with Gasteiger partial charge in [0.2, 0.25) is 5.95 Å². The van der Waals surface area contributed by atoms with E-state index in [0.29, 0.717) is 17.6 Å². The van der Waals surface area contributed by atoms with Crippen LogP contribution >= 0.6 is 0 Å². The van der Waals surface area contributed by atoms with E-state index >= 15 is 0 Å². The highest BCUT2D eigenvalue weighted by Crippen LogP contribution is 2.39. The predicted molar refractivity (Wildman–Crippen MR) is 240 cm³/mol. The second kappa shape index (κ2) is 12.8. The molecule has 0 bridgehead atoms. The van der Waals surface area contributed by atoms with E-state index in [1.807, 2.05) is 0 Å². The maximum absolute atomic E-state index is 5.39. The van der Waals surface area contributed by atoms with Gasteiger partial charge in [0, 0.05) is 32.7 Å². The normalized spacial score (nSPS) is 11.8. The smallest absolute Gasteiger partial charge is 0.238 e. The Morgan fingerprint density at radius 1 is 0.293 bits per heavy atom. The Labute approximate surface area is 333 Å². The van der Waals surface area contributed by atoms with Gasteiger partial charge in [0.1, 0.15) is 0 Å². The average Bonchev–Trinajstić information content (AvgIpc) is 3.82. The van der Waals surface area contributed by atoms with Crippen LogP contribution in [-0.4, -0.2) is 24.1 Å². The van der Waals surface area contributed by atoms with Crippen molar-refractivity contribution in [1.29, 1.82) is 0 Å². The molecule has 12 rings (SSSR count). The van der Waals surface area contributed by atoms with E-state index in [1.165, 1.54) is 37.9 Å². The van der Waals surface area contributed by atoms with Crippen molar-refractivity contribution in [3.63, 3.8) is 0 Å². The van der Waals surface area contributed by atoms with Gasteiger partial charge >= 0.3 is 0 Å². The molecule has 0 fully saturated rings. The fourth-order valence-corrected chi connectivity index (χ4v) is 9.01. The fourth-order valence-electron chi connectivity index (χ4n) is 9.01. The summed E-state index contributed by atoms with van der Waals surface area (Å²) in [6.45, 7) is 0. The highest BCUT2D eigenvalue weighted by molar-refractivity contribution is 6.14. The second-order valence-electron chi connectivity index (χ2n) is 14.8. The number of rotatable bonds is 5. The van der Waals surface area contributed by atoms with Crippen molar-refractivity contribution in [2.75, 3.05) is 0 Å². The molecule has 3 heterocycles. The van der Waals surface area contributed by atoms with Crippen molar-refractivity contribution < 1.29 is 0 Å². The van der Waals surface area contributed by atoms with Crippen LogP contribution in [0.3, 0.4) is 0 Å². The molecule has 0 saturated heterocycles. The summed E-state index contributed by atoms with van der Waals surface area (Å²) in [6.07, 6.45) is 0. The Morgan fingerprint density at radius 3 is 1.43 bits per heavy atom. The molecular formula is C53H33N5. The standard InChI is InChI=1S/C53H33N5/c1-2-19-37-35(16-1)33-45(39-21-4-3-20-38(37)39)34-17-15-18-36(32-34)51-54-52(56-53(55-51)58-48-29-12-7-24-42(48)43-25-8-13-30-49(43)58)44-26-9-14-31-50(44)57-46-27-10-5-22-40(46)41-23-6-11-28-47(41)57/h1-33H. The van der Waals surface area contributed by atoms with Gasteiger partial charge in [0.25, 0.3) is 0 Å². The summed E-state index contributed by atoms with van der Waals surface area (Å²) in [6, 6.07) is 70.9. The zero-order valence-corrected chi connectivity index (χ0v) is 31.3. The van der Waals surface area contributed by atoms with E-state index in [1.54, 1.807) is 0 Å². The fraction of sp³-hybridized carbons (Fsp3) is 0. The van der Waals surface area contributed by atoms with E-state index in [-0.39, 0.29) is 0 Å². The molecule has 5 nitrogen and oxygen atoms in total. The number of benzene rings is 9. The first-order valence-corrected chi connectivity index (χ1v) is 19.6. The van der Waals surface area contributed by atoms with Crippen molar-refractivity contribution in [1.82, 2.24) is 24.1 Å². The van der Waals surface area contributed by atoms with Gasteiger partial charge in [-0.25, -0.2) is 4.98 Å². The minimum Gasteiger partial charge on any atom is -0.309 e. The Morgan fingerprint density at radius 2 is 0.776 bits per heavy atom. The summed E-state index contributed by atoms with van der Waals surface area (Å²) in [7, 11) is 0. The van der Waals surface area contributed by atoms with E-state index in [9.17, 15) is 0 Å². The number of hydrogen-bond donors (Lipinski definition) is 0. The van der Waals surface area contributed by atoms with Crippen LogP contribution in [0.2, 0.25) is 0 Å². The molecule has 0 unspecified atom stereocenters. The summed E-state index contributed by atoms with van der Waals surface area (Å²) < 4.78 is 4.53. The molecule has 3 aromatic heterocycles. The molecule has 0 aliphatic rings. The lowest BCUT2D eigenvalue weighted by atomic mass is 9.92. The van der Waals surface area contributed by atoms with Gasteiger partial charge < -0.3 is 4.57 Å². The van der Waals surface area contributed by atoms with Crippen molar-refractivity contribution in [3.05, 3.63) is 200 Å². The summed E-state index contributed by atoms with van der Waals surface area (Å²) in [5.41, 5.74) is 9.44. The minimum atomic E-state index is 0.566. The topological polar surface area (TPSA) is 48.5 Å². The van der Waals surface area contributed by atoms with Crippen LogP contribution in [-0.2, 0) is 0 Å². The van der Waals surface area contributed by atoms with Gasteiger partial charge in [-0.2, -0.15) is 9.97 Å². The Balaban J connectivity index is 1.13. The van der Waals surface area contributed by atoms with E-state index in [0.717, 1.165) is 55.2 Å². The average molecular weight is 740 g/mol. The van der Waals surface area contributed by atoms with Crippen LogP contribution in [0.5, 0.6) is 0 Å². The highest BCUT2D eigenvalue weighted by atomic mass is 15.2. The van der Waals surface area contributed by atoms with Crippen molar-refractivity contribution in [2.24, 2.45) is 0 Å². The number of fused-ring (bicyclic) bond motifs is 9. The third-order valence-electron chi connectivity index (χ3n) is 11.6. The SMILES string of the molecule is c1cc(-c2nc(-c3ccccc3-n3c4ccccc4c4ccccc43)nc(-n3c4ccccc4c4ccccc43)n2)cc(-c2cc3ccccc3c3ccccc23)c1. The molecule has 270 valence electrons. The van der Waals surface area contributed by atoms with Gasteiger partial charge in [-0.1, -0.05) is 152 Å². The lowest BCUT2D eigenvalue weighted by molar-refractivity contribution is 0.952. The molecule has 9 aromatic carbocycles. The van der Waals surface area contributed by atoms with E-state index in [2.05, 4.69) is 209 Å². The number of nitrogens with zero attached hydrogens (tertiary/aromatic N) is 5. The molecule has 0 spiro atoms. The number of para-hydroxylation sites is 5. The Bertz CT molecular complexity index is 3490. The highest BCUT2D eigenvalue weighted by Gasteiger charge is 2.21. The van der Waals surface area contributed by atoms with Crippen molar-refractivity contribution in [2.45, 2.75) is 0 Å². The molecule has 0 amide bonds. The van der Waals surface area contributed by atoms with Crippen LogP contribution < -0.4 is 0 Å². The molecular weight excluding hydrogens is 707 g/mol. The van der Waals surface area contributed by atoms with Gasteiger partial charge in [-0.3, -0.25) is 4.57 Å². The zero-order chi connectivity index (χ0) is 38.2. The van der Waals surface area contributed by atoms with Gasteiger partial charge in [0.15, 0.2) is 11.6 Å². The number of hydrogen-bond acceptors (Lipinski definition) is 3. The van der Waals surface area contributed by atoms with E-state index in [4.69, 9.17) is 15.0 Å². The zero-order valence-electron chi connectivity index (χ0n) is 31.3. The molecule has 0 radical (unpaired) electrons. The molecule has 0 atom stereocenters.